The van der Waals surface area contributed by atoms with E-state index in [4.69, 9.17) is 9.90 Å². The predicted octanol–water partition coefficient (Wildman–Crippen LogP) is -0.0962. The Morgan fingerprint density at radius 1 is 1.80 bits per heavy atom. The standard InChI is InChI=1S/CH2O2.CH3.Na/c2-1-3;;/h1H,(H,2,3);1H3;. The van der Waals surface area contributed by atoms with Gasteiger partial charge in [-0.3, -0.25) is 4.79 Å². The van der Waals surface area contributed by atoms with Gasteiger partial charge in [0.25, 0.3) is 6.47 Å². The third-order valence-corrected chi connectivity index (χ3v) is 0. The van der Waals surface area contributed by atoms with Crippen molar-refractivity contribution in [2.45, 2.75) is 4.17 Å². The van der Waals surface area contributed by atoms with E-state index in [-0.39, 0.29) is 6.47 Å². The Labute approximate surface area is 48.6 Å². The first-order valence-corrected chi connectivity index (χ1v) is 3.49. The van der Waals surface area contributed by atoms with Crippen molar-refractivity contribution in [3.8, 4) is 0 Å². The maximum absolute atomic E-state index is 8.36. The monoisotopic (exact) mass is 84.0 g/mol. The molecular weight excluding hydrogens is 79.0 g/mol. The molecule has 0 heterocycles. The van der Waals surface area contributed by atoms with Crippen molar-refractivity contribution >= 4 is 34.4 Å². The quantitative estimate of drug-likeness (QED) is 0.329. The van der Waals surface area contributed by atoms with E-state index in [1.807, 2.05) is 0 Å². The van der Waals surface area contributed by atoms with Crippen LogP contribution in [0.1, 0.15) is 0 Å². The van der Waals surface area contributed by atoms with Crippen LogP contribution in [-0.4, -0.2) is 39.5 Å². The van der Waals surface area contributed by atoms with Gasteiger partial charge in [-0.15, -0.1) is 0 Å². The second kappa shape index (κ2) is 24.9. The van der Waals surface area contributed by atoms with E-state index in [0.29, 0.717) is 0 Å². The van der Waals surface area contributed by atoms with Crippen LogP contribution in [0.3, 0.4) is 0 Å². The molecule has 0 aromatic carbocycles. The van der Waals surface area contributed by atoms with E-state index in [1.165, 1.54) is 27.9 Å². The van der Waals surface area contributed by atoms with Crippen LogP contribution in [-0.2, 0) is 4.79 Å². The average molecular weight is 84.0 g/mol. The second-order valence-electron chi connectivity index (χ2n) is 0.105. The Kier molecular flexibility index (Phi) is 45.2. The van der Waals surface area contributed by atoms with E-state index < -0.39 is 0 Å². The van der Waals surface area contributed by atoms with Gasteiger partial charge in [-0.05, 0) is 0 Å². The molecular formula is C2H5NaO2. The van der Waals surface area contributed by atoms with Gasteiger partial charge in [0, 0.05) is 0 Å². The minimum atomic E-state index is -0.250. The summed E-state index contributed by atoms with van der Waals surface area (Å²) in [5, 5.41) is 6.89. The molecule has 0 aliphatic carbocycles. The topological polar surface area (TPSA) is 37.3 Å². The van der Waals surface area contributed by atoms with Crippen LogP contribution in [0.15, 0.2) is 0 Å². The molecule has 0 aromatic rings. The number of hydrogen-bond acceptors (Lipinski definition) is 1. The molecule has 2 nitrogen and oxygen atoms in total. The van der Waals surface area contributed by atoms with Gasteiger partial charge >= 0.3 is 32.1 Å². The summed E-state index contributed by atoms with van der Waals surface area (Å²) in [4.78, 5) is 8.36. The molecule has 0 atom stereocenters. The fraction of sp³-hybridized carbons (Fsp3) is 0.500. The van der Waals surface area contributed by atoms with Gasteiger partial charge < -0.3 is 5.11 Å². The van der Waals surface area contributed by atoms with Gasteiger partial charge in [0.05, 0.1) is 0 Å². The summed E-state index contributed by atoms with van der Waals surface area (Å²) in [6.45, 7) is -0.250. The Hall–Kier alpha value is 0.470. The first-order valence-electron chi connectivity index (χ1n) is 1.49. The second-order valence-corrected chi connectivity index (χ2v) is 0.105. The summed E-state index contributed by atoms with van der Waals surface area (Å²) in [5.74, 6) is 0. The van der Waals surface area contributed by atoms with Crippen LogP contribution in [0.4, 0.5) is 0 Å². The molecule has 0 saturated heterocycles. The van der Waals surface area contributed by atoms with Crippen molar-refractivity contribution in [3.63, 3.8) is 0 Å². The zero-order valence-corrected chi connectivity index (χ0v) is 5.43. The van der Waals surface area contributed by atoms with Gasteiger partial charge in [0.1, 0.15) is 0 Å². The third-order valence-electron chi connectivity index (χ3n) is 0. The fourth-order valence-corrected chi connectivity index (χ4v) is 0. The van der Waals surface area contributed by atoms with E-state index >= 15 is 0 Å². The van der Waals surface area contributed by atoms with Crippen LogP contribution in [0.2, 0.25) is 4.17 Å². The van der Waals surface area contributed by atoms with Crippen molar-refractivity contribution in [2.75, 3.05) is 0 Å². The van der Waals surface area contributed by atoms with Crippen LogP contribution in [0.5, 0.6) is 0 Å². The number of carbonyl (C=O) groups is 1. The van der Waals surface area contributed by atoms with Gasteiger partial charge in [-0.2, -0.15) is 0 Å². The van der Waals surface area contributed by atoms with Crippen LogP contribution in [0, 0.1) is 0 Å². The SMILES string of the molecule is O=CO.[CH3][Na]. The van der Waals surface area contributed by atoms with E-state index in [1.54, 1.807) is 0 Å². The zero-order valence-electron chi connectivity index (χ0n) is 3.43. The molecule has 0 aliphatic rings. The Morgan fingerprint density at radius 2 is 1.80 bits per heavy atom. The number of hydrogen-bond donors (Lipinski definition) is 1. The first-order chi connectivity index (χ1) is 2.41. The van der Waals surface area contributed by atoms with Crippen molar-refractivity contribution in [1.82, 2.24) is 0 Å². The molecule has 1 N–H and O–H groups in total. The van der Waals surface area contributed by atoms with Gasteiger partial charge in [0.15, 0.2) is 0 Å². The summed E-state index contributed by atoms with van der Waals surface area (Å²) >= 11 is 1.31. The number of rotatable bonds is 0. The molecule has 0 bridgehead atoms. The summed E-state index contributed by atoms with van der Waals surface area (Å²) in [6.07, 6.45) is 0. The van der Waals surface area contributed by atoms with Crippen molar-refractivity contribution in [3.05, 3.63) is 0 Å². The Bertz CT molecular complexity index is 15.1. The first kappa shape index (κ1) is 9.08. The molecule has 0 spiro atoms. The van der Waals surface area contributed by atoms with Crippen molar-refractivity contribution in [2.24, 2.45) is 0 Å². The molecule has 0 fully saturated rings. The van der Waals surface area contributed by atoms with Crippen LogP contribution < -0.4 is 0 Å². The molecule has 0 rings (SSSR count). The molecule has 0 unspecified atom stereocenters. The van der Waals surface area contributed by atoms with Crippen molar-refractivity contribution < 1.29 is 9.90 Å². The molecule has 0 aromatic heterocycles. The maximum atomic E-state index is 8.36. The normalized spacial score (nSPS) is 3.80. The predicted molar refractivity (Wildman–Crippen MR) is 20.3 cm³/mol. The van der Waals surface area contributed by atoms with E-state index in [0.717, 1.165) is 0 Å². The molecule has 0 aliphatic heterocycles. The third kappa shape index (κ3) is 123. The Morgan fingerprint density at radius 3 is 1.80 bits per heavy atom. The molecule has 0 radical (unpaired) electrons. The fourth-order valence-electron chi connectivity index (χ4n) is 0. The van der Waals surface area contributed by atoms with Gasteiger partial charge in [-0.1, -0.05) is 0 Å². The minimum absolute atomic E-state index is 0.250. The summed E-state index contributed by atoms with van der Waals surface area (Å²) in [7, 11) is 0. The molecule has 5 heavy (non-hydrogen) atoms. The van der Waals surface area contributed by atoms with Gasteiger partial charge in [-0.25, -0.2) is 0 Å². The van der Waals surface area contributed by atoms with Crippen LogP contribution >= 0.6 is 0 Å². The molecule has 0 amide bonds. The van der Waals surface area contributed by atoms with Crippen molar-refractivity contribution in [1.29, 1.82) is 0 Å². The average Bonchev–Trinajstić information content (AvgIpc) is 1.46. The molecule has 0 saturated carbocycles. The van der Waals surface area contributed by atoms with Crippen LogP contribution in [0.25, 0.3) is 0 Å². The summed E-state index contributed by atoms with van der Waals surface area (Å²) in [6, 6.07) is 0. The van der Waals surface area contributed by atoms with Gasteiger partial charge in [0.2, 0.25) is 0 Å². The summed E-state index contributed by atoms with van der Waals surface area (Å²) in [5.41, 5.74) is 0. The summed E-state index contributed by atoms with van der Waals surface area (Å²) < 4.78 is 2.14. The molecule has 26 valence electrons. The van der Waals surface area contributed by atoms with E-state index in [9.17, 15) is 0 Å². The number of carboxylic acid groups (broad SMARTS) is 1. The Balaban J connectivity index is 0. The zero-order chi connectivity index (χ0) is 4.71. The molecule has 3 heteroatoms. The van der Waals surface area contributed by atoms with E-state index in [2.05, 4.69) is 4.17 Å².